The van der Waals surface area contributed by atoms with Crippen LogP contribution < -0.4 is 15.8 Å². The molecule has 0 fully saturated rings. The Kier molecular flexibility index (Phi) is 4.01. The van der Waals surface area contributed by atoms with E-state index in [1.165, 1.54) is 5.01 Å². The van der Waals surface area contributed by atoms with Crippen molar-refractivity contribution in [2.24, 2.45) is 4.99 Å². The van der Waals surface area contributed by atoms with Crippen LogP contribution in [0.25, 0.3) is 0 Å². The second-order valence-corrected chi connectivity index (χ2v) is 4.94. The predicted octanol–water partition coefficient (Wildman–Crippen LogP) is 1.36. The van der Waals surface area contributed by atoms with Crippen molar-refractivity contribution < 1.29 is 9.59 Å². The number of carbonyl (C=O) groups is 2. The molecule has 0 saturated carbocycles. The maximum Gasteiger partial charge on any atom is 0.293 e. The molecule has 7 heteroatoms. The number of pyridine rings is 1. The maximum absolute atomic E-state index is 12.3. The van der Waals surface area contributed by atoms with E-state index >= 15 is 0 Å². The summed E-state index contributed by atoms with van der Waals surface area (Å²) < 4.78 is 0. The number of aromatic nitrogens is 1. The van der Waals surface area contributed by atoms with Gasteiger partial charge in [0, 0.05) is 6.20 Å². The van der Waals surface area contributed by atoms with Gasteiger partial charge in [-0.05, 0) is 31.2 Å². The molecule has 2 N–H and O–H groups in total. The highest BCUT2D eigenvalue weighted by atomic mass is 16.2. The average Bonchev–Trinajstić information content (AvgIpc) is 2.59. The maximum atomic E-state index is 12.3. The molecule has 0 saturated heterocycles. The Morgan fingerprint density at radius 3 is 2.61 bits per heavy atom. The molecule has 7 nitrogen and oxygen atoms in total. The van der Waals surface area contributed by atoms with Gasteiger partial charge in [-0.3, -0.25) is 15.0 Å². The van der Waals surface area contributed by atoms with Crippen LogP contribution in [0.2, 0.25) is 0 Å². The molecule has 1 aromatic carbocycles. The van der Waals surface area contributed by atoms with E-state index in [9.17, 15) is 9.59 Å². The molecule has 1 atom stereocenters. The molecule has 2 aromatic rings. The summed E-state index contributed by atoms with van der Waals surface area (Å²) in [5, 5.41) is 3.96. The molecule has 23 heavy (non-hydrogen) atoms. The second kappa shape index (κ2) is 6.27. The van der Waals surface area contributed by atoms with Crippen molar-refractivity contribution in [3.63, 3.8) is 0 Å². The molecule has 1 aromatic heterocycles. The molecule has 2 amide bonds. The molecule has 0 spiro atoms. The third-order valence-electron chi connectivity index (χ3n) is 3.25. The molecule has 1 aliphatic heterocycles. The Labute approximate surface area is 133 Å². The van der Waals surface area contributed by atoms with Gasteiger partial charge in [-0.2, -0.15) is 0 Å². The Morgan fingerprint density at radius 2 is 1.91 bits per heavy atom. The Balaban J connectivity index is 1.81. The summed E-state index contributed by atoms with van der Waals surface area (Å²) in [4.78, 5) is 32.7. The normalized spacial score (nSPS) is 17.3. The lowest BCUT2D eigenvalue weighted by atomic mass is 10.2. The molecular weight excluding hydrogens is 294 g/mol. The molecule has 0 bridgehead atoms. The summed E-state index contributed by atoms with van der Waals surface area (Å²) >= 11 is 0. The van der Waals surface area contributed by atoms with Crippen LogP contribution in [-0.2, 0) is 9.59 Å². The zero-order valence-corrected chi connectivity index (χ0v) is 12.4. The SMILES string of the molecule is CC1N=C(C(=O)Nc2ccccn2)NN(c2ccccc2)C1=O. The third-order valence-corrected chi connectivity index (χ3v) is 3.25. The highest BCUT2D eigenvalue weighted by Gasteiger charge is 2.30. The fraction of sp³-hybridized carbons (Fsp3) is 0.125. The van der Waals surface area contributed by atoms with Crippen molar-refractivity contribution in [1.29, 1.82) is 0 Å². The Hall–Kier alpha value is -3.22. The van der Waals surface area contributed by atoms with Crippen LogP contribution in [-0.4, -0.2) is 28.7 Å². The van der Waals surface area contributed by atoms with Gasteiger partial charge in [-0.1, -0.05) is 24.3 Å². The number of hydrogen-bond donors (Lipinski definition) is 2. The minimum Gasteiger partial charge on any atom is -0.304 e. The number of nitrogens with one attached hydrogen (secondary N) is 2. The summed E-state index contributed by atoms with van der Waals surface area (Å²) in [6, 6.07) is 13.6. The summed E-state index contributed by atoms with van der Waals surface area (Å²) in [7, 11) is 0. The molecule has 2 heterocycles. The van der Waals surface area contributed by atoms with Crippen LogP contribution in [0.15, 0.2) is 59.7 Å². The number of para-hydroxylation sites is 1. The van der Waals surface area contributed by atoms with Crippen LogP contribution in [0.3, 0.4) is 0 Å². The topological polar surface area (TPSA) is 86.7 Å². The van der Waals surface area contributed by atoms with E-state index < -0.39 is 11.9 Å². The molecule has 0 aliphatic carbocycles. The number of benzene rings is 1. The van der Waals surface area contributed by atoms with Crippen LogP contribution >= 0.6 is 0 Å². The van der Waals surface area contributed by atoms with E-state index in [0.717, 1.165) is 0 Å². The van der Waals surface area contributed by atoms with E-state index in [-0.39, 0.29) is 11.7 Å². The van der Waals surface area contributed by atoms with Gasteiger partial charge in [0.25, 0.3) is 11.8 Å². The van der Waals surface area contributed by atoms with Crippen molar-refractivity contribution >= 4 is 29.2 Å². The van der Waals surface area contributed by atoms with Gasteiger partial charge in [0.2, 0.25) is 5.84 Å². The second-order valence-electron chi connectivity index (χ2n) is 4.94. The lowest BCUT2D eigenvalue weighted by Gasteiger charge is -2.30. The summed E-state index contributed by atoms with van der Waals surface area (Å²) in [6.07, 6.45) is 1.58. The molecule has 0 radical (unpaired) electrons. The van der Waals surface area contributed by atoms with E-state index in [4.69, 9.17) is 0 Å². The number of rotatable bonds is 3. The number of amidine groups is 1. The summed E-state index contributed by atoms with van der Waals surface area (Å²) in [5.74, 6) is -0.209. The van der Waals surface area contributed by atoms with Gasteiger partial charge in [-0.25, -0.2) is 15.0 Å². The molecular formula is C16H15N5O2. The fourth-order valence-electron chi connectivity index (χ4n) is 2.12. The van der Waals surface area contributed by atoms with E-state index in [2.05, 4.69) is 20.7 Å². The van der Waals surface area contributed by atoms with Gasteiger partial charge in [0.1, 0.15) is 11.9 Å². The first kappa shape index (κ1) is 14.7. The standard InChI is InChI=1S/C16H15N5O2/c1-11-16(23)21(12-7-3-2-4-8-12)20-14(18-11)15(22)19-13-9-5-6-10-17-13/h2-11H,1H3,(H,18,20)(H,17,19,22). The van der Waals surface area contributed by atoms with Crippen LogP contribution in [0.5, 0.6) is 0 Å². The first-order chi connectivity index (χ1) is 11.1. The van der Waals surface area contributed by atoms with Crippen molar-refractivity contribution in [3.8, 4) is 0 Å². The first-order valence-corrected chi connectivity index (χ1v) is 7.11. The van der Waals surface area contributed by atoms with Crippen LogP contribution in [0, 0.1) is 0 Å². The molecule has 116 valence electrons. The smallest absolute Gasteiger partial charge is 0.293 e. The third kappa shape index (κ3) is 3.18. The number of amides is 2. The van der Waals surface area contributed by atoms with Crippen molar-refractivity contribution in [2.75, 3.05) is 10.3 Å². The molecule has 1 aliphatic rings. The van der Waals surface area contributed by atoms with E-state index in [0.29, 0.717) is 11.5 Å². The highest BCUT2D eigenvalue weighted by Crippen LogP contribution is 2.16. The van der Waals surface area contributed by atoms with E-state index in [1.807, 2.05) is 18.2 Å². The van der Waals surface area contributed by atoms with Crippen LogP contribution in [0.4, 0.5) is 11.5 Å². The zero-order valence-electron chi connectivity index (χ0n) is 12.4. The zero-order chi connectivity index (χ0) is 16.2. The van der Waals surface area contributed by atoms with Gasteiger partial charge >= 0.3 is 0 Å². The van der Waals surface area contributed by atoms with Crippen LogP contribution in [0.1, 0.15) is 6.92 Å². The highest BCUT2D eigenvalue weighted by molar-refractivity contribution is 6.43. The number of aliphatic imine (C=N–C) groups is 1. The molecule has 3 rings (SSSR count). The van der Waals surface area contributed by atoms with Crippen molar-refractivity contribution in [3.05, 3.63) is 54.7 Å². The number of hydrogen-bond acceptors (Lipinski definition) is 5. The molecule has 1 unspecified atom stereocenters. The average molecular weight is 309 g/mol. The summed E-state index contributed by atoms with van der Waals surface area (Å²) in [5.41, 5.74) is 3.41. The number of hydrazine groups is 1. The first-order valence-electron chi connectivity index (χ1n) is 7.11. The Bertz CT molecular complexity index is 746. The van der Waals surface area contributed by atoms with Gasteiger partial charge in [0.05, 0.1) is 5.69 Å². The number of carbonyl (C=O) groups excluding carboxylic acids is 2. The van der Waals surface area contributed by atoms with Crippen molar-refractivity contribution in [2.45, 2.75) is 13.0 Å². The predicted molar refractivity (Wildman–Crippen MR) is 86.8 cm³/mol. The lowest BCUT2D eigenvalue weighted by Crippen LogP contribution is -2.57. The van der Waals surface area contributed by atoms with Gasteiger partial charge in [-0.15, -0.1) is 0 Å². The number of anilines is 2. The fourth-order valence-corrected chi connectivity index (χ4v) is 2.12. The number of nitrogens with zero attached hydrogens (tertiary/aromatic N) is 3. The largest absolute Gasteiger partial charge is 0.304 e. The van der Waals surface area contributed by atoms with Crippen molar-refractivity contribution in [1.82, 2.24) is 10.4 Å². The Morgan fingerprint density at radius 1 is 1.17 bits per heavy atom. The minimum atomic E-state index is -0.652. The quantitative estimate of drug-likeness (QED) is 0.896. The van der Waals surface area contributed by atoms with Gasteiger partial charge in [0.15, 0.2) is 0 Å². The lowest BCUT2D eigenvalue weighted by molar-refractivity contribution is -0.120. The monoisotopic (exact) mass is 309 g/mol. The van der Waals surface area contributed by atoms with Gasteiger partial charge < -0.3 is 5.32 Å². The van der Waals surface area contributed by atoms with E-state index in [1.54, 1.807) is 43.5 Å². The summed E-state index contributed by atoms with van der Waals surface area (Å²) in [6.45, 7) is 1.65. The minimum absolute atomic E-state index is 0.0617.